The van der Waals surface area contributed by atoms with Gasteiger partial charge in [0.15, 0.2) is 0 Å². The number of azide groups is 1. The molecule has 1 aromatic heterocycles. The van der Waals surface area contributed by atoms with E-state index in [-0.39, 0.29) is 24.6 Å². The fraction of sp³-hybridized carbons (Fsp3) is 0.583. The SMILES string of the molecule is [N-]=[N+]=NCc1ccc(C(=O)NC2CCC(O)CC2)s1. The number of thiophene rings is 1. The normalized spacial score (nSPS) is 22.6. The summed E-state index contributed by atoms with van der Waals surface area (Å²) in [4.78, 5) is 16.2. The lowest BCUT2D eigenvalue weighted by Crippen LogP contribution is -2.38. The van der Waals surface area contributed by atoms with E-state index in [2.05, 4.69) is 15.3 Å². The van der Waals surface area contributed by atoms with Crippen molar-refractivity contribution < 1.29 is 9.90 Å². The zero-order chi connectivity index (χ0) is 13.7. The van der Waals surface area contributed by atoms with Crippen molar-refractivity contribution in [1.29, 1.82) is 0 Å². The third kappa shape index (κ3) is 3.96. The molecular weight excluding hydrogens is 264 g/mol. The summed E-state index contributed by atoms with van der Waals surface area (Å²) >= 11 is 1.34. The highest BCUT2D eigenvalue weighted by Gasteiger charge is 2.21. The molecule has 1 aliphatic carbocycles. The first-order chi connectivity index (χ1) is 9.19. The summed E-state index contributed by atoms with van der Waals surface area (Å²) in [5, 5.41) is 15.9. The van der Waals surface area contributed by atoms with Crippen molar-refractivity contribution in [2.45, 2.75) is 44.4 Å². The molecule has 1 heterocycles. The van der Waals surface area contributed by atoms with Gasteiger partial charge in [-0.15, -0.1) is 11.3 Å². The molecule has 0 aliphatic heterocycles. The highest BCUT2D eigenvalue weighted by Crippen LogP contribution is 2.21. The van der Waals surface area contributed by atoms with Crippen molar-refractivity contribution in [3.8, 4) is 0 Å². The van der Waals surface area contributed by atoms with Crippen LogP contribution in [-0.2, 0) is 6.54 Å². The van der Waals surface area contributed by atoms with Crippen molar-refractivity contribution in [2.24, 2.45) is 5.11 Å². The first kappa shape index (κ1) is 13.9. The lowest BCUT2D eigenvalue weighted by molar-refractivity contribution is 0.0871. The van der Waals surface area contributed by atoms with Gasteiger partial charge in [0.05, 0.1) is 17.5 Å². The largest absolute Gasteiger partial charge is 0.393 e. The summed E-state index contributed by atoms with van der Waals surface area (Å²) in [6.45, 7) is 0.282. The Morgan fingerprint density at radius 1 is 1.47 bits per heavy atom. The quantitative estimate of drug-likeness (QED) is 0.503. The fourth-order valence-corrected chi connectivity index (χ4v) is 2.99. The van der Waals surface area contributed by atoms with Crippen molar-refractivity contribution in [3.63, 3.8) is 0 Å². The lowest BCUT2D eigenvalue weighted by Gasteiger charge is -2.25. The Bertz CT molecular complexity index is 488. The molecule has 1 fully saturated rings. The van der Waals surface area contributed by atoms with Gasteiger partial charge in [0.1, 0.15) is 0 Å². The van der Waals surface area contributed by atoms with Gasteiger partial charge in [-0.3, -0.25) is 4.79 Å². The van der Waals surface area contributed by atoms with Crippen molar-refractivity contribution in [3.05, 3.63) is 32.3 Å². The monoisotopic (exact) mass is 280 g/mol. The van der Waals surface area contributed by atoms with E-state index in [9.17, 15) is 9.90 Å². The maximum atomic E-state index is 12.0. The molecule has 0 saturated heterocycles. The molecule has 0 atom stereocenters. The molecule has 2 rings (SSSR count). The molecule has 0 bridgehead atoms. The Morgan fingerprint density at radius 3 is 2.89 bits per heavy atom. The fourth-order valence-electron chi connectivity index (χ4n) is 2.16. The third-order valence-electron chi connectivity index (χ3n) is 3.21. The van der Waals surface area contributed by atoms with Crippen LogP contribution in [0.5, 0.6) is 0 Å². The minimum Gasteiger partial charge on any atom is -0.393 e. The van der Waals surface area contributed by atoms with Crippen molar-refractivity contribution in [2.75, 3.05) is 0 Å². The summed E-state index contributed by atoms with van der Waals surface area (Å²) in [6, 6.07) is 3.71. The molecule has 1 saturated carbocycles. The van der Waals surface area contributed by atoms with Crippen LogP contribution in [0, 0.1) is 0 Å². The number of aliphatic hydroxyl groups is 1. The molecule has 2 N–H and O–H groups in total. The standard InChI is InChI=1S/C12H16N4O2S/c13-16-14-7-10-5-6-11(19-10)12(18)15-8-1-3-9(17)4-2-8/h5-6,8-9,17H,1-4,7H2,(H,15,18). The first-order valence-corrected chi connectivity index (χ1v) is 7.09. The van der Waals surface area contributed by atoms with Crippen LogP contribution in [-0.4, -0.2) is 23.2 Å². The van der Waals surface area contributed by atoms with Crippen LogP contribution in [0.4, 0.5) is 0 Å². The van der Waals surface area contributed by atoms with Crippen LogP contribution >= 0.6 is 11.3 Å². The Balaban J connectivity index is 1.89. The van der Waals surface area contributed by atoms with Gasteiger partial charge in [0.25, 0.3) is 5.91 Å². The summed E-state index contributed by atoms with van der Waals surface area (Å²) in [5.41, 5.74) is 8.24. The predicted molar refractivity (Wildman–Crippen MR) is 72.9 cm³/mol. The molecule has 102 valence electrons. The van der Waals surface area contributed by atoms with Crippen LogP contribution in [0.1, 0.15) is 40.2 Å². The molecule has 6 nitrogen and oxygen atoms in total. The van der Waals surface area contributed by atoms with E-state index < -0.39 is 0 Å². The number of aliphatic hydroxyl groups excluding tert-OH is 1. The van der Waals surface area contributed by atoms with Gasteiger partial charge in [0.2, 0.25) is 0 Å². The number of hydrogen-bond donors (Lipinski definition) is 2. The first-order valence-electron chi connectivity index (χ1n) is 6.27. The second-order valence-corrected chi connectivity index (χ2v) is 5.80. The summed E-state index contributed by atoms with van der Waals surface area (Å²) < 4.78 is 0. The smallest absolute Gasteiger partial charge is 0.261 e. The van der Waals surface area contributed by atoms with E-state index in [0.29, 0.717) is 4.88 Å². The van der Waals surface area contributed by atoms with Crippen LogP contribution in [0.3, 0.4) is 0 Å². The topological polar surface area (TPSA) is 98.1 Å². The maximum absolute atomic E-state index is 12.0. The molecule has 0 aromatic carbocycles. The van der Waals surface area contributed by atoms with Gasteiger partial charge in [-0.25, -0.2) is 0 Å². The second-order valence-electron chi connectivity index (χ2n) is 4.63. The summed E-state index contributed by atoms with van der Waals surface area (Å²) in [5.74, 6) is -0.0847. The minimum absolute atomic E-state index is 0.0847. The highest BCUT2D eigenvalue weighted by atomic mass is 32.1. The van der Waals surface area contributed by atoms with Crippen LogP contribution in [0.2, 0.25) is 0 Å². The highest BCUT2D eigenvalue weighted by molar-refractivity contribution is 7.14. The number of hydrogen-bond acceptors (Lipinski definition) is 4. The molecule has 1 aliphatic rings. The van der Waals surface area contributed by atoms with Gasteiger partial charge in [-0.1, -0.05) is 5.11 Å². The molecule has 0 radical (unpaired) electrons. The summed E-state index contributed by atoms with van der Waals surface area (Å²) in [7, 11) is 0. The zero-order valence-corrected chi connectivity index (χ0v) is 11.3. The van der Waals surface area contributed by atoms with E-state index in [0.717, 1.165) is 30.6 Å². The van der Waals surface area contributed by atoms with E-state index in [4.69, 9.17) is 5.53 Å². The van der Waals surface area contributed by atoms with Crippen LogP contribution in [0.15, 0.2) is 17.2 Å². The average Bonchev–Trinajstić information content (AvgIpc) is 2.88. The minimum atomic E-state index is -0.217. The molecular formula is C12H16N4O2S. The Labute approximate surface area is 115 Å². The Morgan fingerprint density at radius 2 is 2.21 bits per heavy atom. The molecule has 1 amide bonds. The summed E-state index contributed by atoms with van der Waals surface area (Å²) in [6.07, 6.45) is 2.92. The van der Waals surface area contributed by atoms with Gasteiger partial charge in [-0.2, -0.15) is 0 Å². The molecule has 0 unspecified atom stereocenters. The number of nitrogens with zero attached hydrogens (tertiary/aromatic N) is 3. The molecule has 1 aromatic rings. The van der Waals surface area contributed by atoms with E-state index in [1.54, 1.807) is 12.1 Å². The van der Waals surface area contributed by atoms with Gasteiger partial charge in [0, 0.05) is 15.8 Å². The third-order valence-corrected chi connectivity index (χ3v) is 4.28. The van der Waals surface area contributed by atoms with Crippen molar-refractivity contribution in [1.82, 2.24) is 5.32 Å². The lowest BCUT2D eigenvalue weighted by atomic mass is 9.93. The zero-order valence-electron chi connectivity index (χ0n) is 10.5. The Hall–Kier alpha value is -1.56. The molecule has 0 spiro atoms. The van der Waals surface area contributed by atoms with Gasteiger partial charge < -0.3 is 10.4 Å². The number of nitrogens with one attached hydrogen (secondary N) is 1. The van der Waals surface area contributed by atoms with Crippen molar-refractivity contribution >= 4 is 17.2 Å². The second kappa shape index (κ2) is 6.56. The van der Waals surface area contributed by atoms with E-state index in [1.807, 2.05) is 0 Å². The number of carbonyl (C=O) groups excluding carboxylic acids is 1. The maximum Gasteiger partial charge on any atom is 0.261 e. The molecule has 7 heteroatoms. The number of rotatable bonds is 4. The average molecular weight is 280 g/mol. The van der Waals surface area contributed by atoms with Crippen LogP contribution < -0.4 is 5.32 Å². The molecule has 19 heavy (non-hydrogen) atoms. The number of amides is 1. The van der Waals surface area contributed by atoms with E-state index >= 15 is 0 Å². The Kier molecular flexibility index (Phi) is 4.79. The van der Waals surface area contributed by atoms with Gasteiger partial charge >= 0.3 is 0 Å². The predicted octanol–water partition coefficient (Wildman–Crippen LogP) is 2.59. The van der Waals surface area contributed by atoms with Gasteiger partial charge in [-0.05, 0) is 43.3 Å². The van der Waals surface area contributed by atoms with E-state index in [1.165, 1.54) is 11.3 Å². The number of carbonyl (C=O) groups is 1. The van der Waals surface area contributed by atoms with Crippen LogP contribution in [0.25, 0.3) is 10.4 Å².